The summed E-state index contributed by atoms with van der Waals surface area (Å²) < 4.78 is 16.3. The average molecular weight is 410 g/mol. The highest BCUT2D eigenvalue weighted by Gasteiger charge is 2.49. The summed E-state index contributed by atoms with van der Waals surface area (Å²) in [4.78, 5) is 39.3. The first-order chi connectivity index (χ1) is 14.4. The normalized spacial score (nSPS) is 20.5. The molecule has 0 radical (unpaired) electrons. The van der Waals surface area contributed by atoms with Gasteiger partial charge in [0.2, 0.25) is 0 Å². The van der Waals surface area contributed by atoms with E-state index < -0.39 is 17.5 Å². The highest BCUT2D eigenvalue weighted by atomic mass is 16.5. The van der Waals surface area contributed by atoms with Crippen LogP contribution >= 0.6 is 0 Å². The van der Waals surface area contributed by atoms with Crippen molar-refractivity contribution in [3.63, 3.8) is 0 Å². The van der Waals surface area contributed by atoms with Crippen LogP contribution < -0.4 is 19.5 Å². The predicted molar refractivity (Wildman–Crippen MR) is 107 cm³/mol. The Hall–Kier alpha value is -3.55. The number of ketones is 1. The van der Waals surface area contributed by atoms with Gasteiger partial charge >= 0.3 is 6.03 Å². The minimum absolute atomic E-state index is 0.345. The number of carbonyl (C=O) groups is 3. The molecule has 2 aromatic carbocycles. The molecule has 1 saturated heterocycles. The Labute approximate surface area is 173 Å². The van der Waals surface area contributed by atoms with Gasteiger partial charge in [0.05, 0.1) is 26.9 Å². The fourth-order valence-electron chi connectivity index (χ4n) is 3.53. The van der Waals surface area contributed by atoms with E-state index in [9.17, 15) is 14.4 Å². The van der Waals surface area contributed by atoms with E-state index in [-0.39, 0.29) is 12.3 Å². The fourth-order valence-corrected chi connectivity index (χ4v) is 3.53. The molecule has 0 saturated carbocycles. The van der Waals surface area contributed by atoms with Gasteiger partial charge in [0.15, 0.2) is 17.3 Å². The number of nitrogens with one attached hydrogen (secondary N) is 1. The molecule has 1 fully saturated rings. The van der Waals surface area contributed by atoms with Crippen molar-refractivity contribution in [2.45, 2.75) is 18.9 Å². The molecule has 2 aromatic rings. The van der Waals surface area contributed by atoms with Crippen molar-refractivity contribution in [2.75, 3.05) is 26.9 Å². The Kier molecular flexibility index (Phi) is 5.07. The molecular formula is C22H22N2O6. The second-order valence-electron chi connectivity index (χ2n) is 7.31. The topological polar surface area (TPSA) is 94.2 Å². The molecule has 0 spiro atoms. The summed E-state index contributed by atoms with van der Waals surface area (Å²) in [6, 6.07) is 11.1. The molecule has 156 valence electrons. The molecule has 0 unspecified atom stereocenters. The first-order valence-electron chi connectivity index (χ1n) is 9.64. The number of nitrogens with zero attached hydrogens (tertiary/aromatic N) is 1. The van der Waals surface area contributed by atoms with E-state index in [1.807, 2.05) is 0 Å². The number of rotatable bonds is 5. The van der Waals surface area contributed by atoms with Crippen molar-refractivity contribution in [2.24, 2.45) is 0 Å². The van der Waals surface area contributed by atoms with Gasteiger partial charge in [-0.15, -0.1) is 0 Å². The van der Waals surface area contributed by atoms with E-state index in [0.717, 1.165) is 11.3 Å². The third-order valence-corrected chi connectivity index (χ3v) is 5.31. The van der Waals surface area contributed by atoms with Gasteiger partial charge in [0.25, 0.3) is 5.91 Å². The maximum Gasteiger partial charge on any atom is 0.325 e. The van der Waals surface area contributed by atoms with Gasteiger partial charge in [-0.3, -0.25) is 14.5 Å². The number of hydrogen-bond acceptors (Lipinski definition) is 6. The van der Waals surface area contributed by atoms with E-state index in [1.54, 1.807) is 56.5 Å². The number of hydrogen-bond donors (Lipinski definition) is 1. The lowest BCUT2D eigenvalue weighted by molar-refractivity contribution is -0.130. The van der Waals surface area contributed by atoms with Crippen molar-refractivity contribution < 1.29 is 28.6 Å². The maximum absolute atomic E-state index is 13.1. The second-order valence-corrected chi connectivity index (χ2v) is 7.31. The quantitative estimate of drug-likeness (QED) is 0.601. The number of ether oxygens (including phenoxy) is 3. The van der Waals surface area contributed by atoms with Gasteiger partial charge in [-0.25, -0.2) is 4.79 Å². The first kappa shape index (κ1) is 19.8. The number of imide groups is 1. The fraction of sp³-hybridized carbons (Fsp3) is 0.318. The Morgan fingerprint density at radius 1 is 1.10 bits per heavy atom. The molecule has 1 atom stereocenters. The van der Waals surface area contributed by atoms with Gasteiger partial charge in [0, 0.05) is 12.0 Å². The van der Waals surface area contributed by atoms with Crippen LogP contribution in [-0.4, -0.2) is 49.5 Å². The van der Waals surface area contributed by atoms with Gasteiger partial charge < -0.3 is 19.5 Å². The zero-order valence-corrected chi connectivity index (χ0v) is 16.8. The summed E-state index contributed by atoms with van der Waals surface area (Å²) >= 11 is 0. The largest absolute Gasteiger partial charge is 0.497 e. The third-order valence-electron chi connectivity index (χ3n) is 5.31. The number of Topliss-reactive ketones (excluding diaryl/α,β-unsaturated/α-hetero) is 1. The lowest BCUT2D eigenvalue weighted by Gasteiger charge is -2.22. The minimum Gasteiger partial charge on any atom is -0.497 e. The van der Waals surface area contributed by atoms with Gasteiger partial charge in [-0.1, -0.05) is 12.1 Å². The van der Waals surface area contributed by atoms with Crippen molar-refractivity contribution in [3.05, 3.63) is 53.6 Å². The van der Waals surface area contributed by atoms with Crippen LogP contribution in [0.5, 0.6) is 17.2 Å². The van der Waals surface area contributed by atoms with Gasteiger partial charge in [0.1, 0.15) is 11.3 Å². The van der Waals surface area contributed by atoms with Crippen molar-refractivity contribution >= 4 is 17.7 Å². The van der Waals surface area contributed by atoms with Crippen LogP contribution in [0.4, 0.5) is 4.79 Å². The third kappa shape index (κ3) is 3.45. The summed E-state index contributed by atoms with van der Waals surface area (Å²) in [5.41, 5.74) is -0.306. The SMILES string of the molecule is COc1ccc([C@@]2(C)NC(=O)N(CC(=O)c3ccc4c(c3)OCCCO4)C2=O)cc1. The molecule has 4 rings (SSSR count). The van der Waals surface area contributed by atoms with Crippen LogP contribution in [-0.2, 0) is 10.3 Å². The lowest BCUT2D eigenvalue weighted by Crippen LogP contribution is -2.41. The molecule has 0 aromatic heterocycles. The standard InChI is InChI=1S/C22H22N2O6/c1-22(15-5-7-16(28-2)8-6-15)20(26)24(21(27)23-22)13-17(25)14-4-9-18-19(12-14)30-11-3-10-29-18/h4-9,12H,3,10-11,13H2,1-2H3,(H,23,27)/t22-/m1/s1. The van der Waals surface area contributed by atoms with Crippen LogP contribution in [0.1, 0.15) is 29.3 Å². The number of amides is 3. The molecule has 8 heteroatoms. The molecule has 2 aliphatic heterocycles. The van der Waals surface area contributed by atoms with E-state index in [4.69, 9.17) is 14.2 Å². The van der Waals surface area contributed by atoms with Crippen LogP contribution in [0.2, 0.25) is 0 Å². The molecule has 30 heavy (non-hydrogen) atoms. The van der Waals surface area contributed by atoms with Crippen molar-refractivity contribution in [1.29, 1.82) is 0 Å². The zero-order valence-electron chi connectivity index (χ0n) is 16.8. The smallest absolute Gasteiger partial charge is 0.325 e. The Morgan fingerprint density at radius 2 is 1.80 bits per heavy atom. The van der Waals surface area contributed by atoms with E-state index >= 15 is 0 Å². The number of methoxy groups -OCH3 is 1. The van der Waals surface area contributed by atoms with Crippen LogP contribution in [0.3, 0.4) is 0 Å². The van der Waals surface area contributed by atoms with Crippen LogP contribution in [0.25, 0.3) is 0 Å². The zero-order chi connectivity index (χ0) is 21.3. The van der Waals surface area contributed by atoms with Crippen molar-refractivity contribution in [1.82, 2.24) is 10.2 Å². The Balaban J connectivity index is 1.53. The summed E-state index contributed by atoms with van der Waals surface area (Å²) in [5.74, 6) is 0.846. The number of urea groups is 1. The summed E-state index contributed by atoms with van der Waals surface area (Å²) in [6.07, 6.45) is 0.754. The summed E-state index contributed by atoms with van der Waals surface area (Å²) in [5, 5.41) is 2.70. The van der Waals surface area contributed by atoms with E-state index in [2.05, 4.69) is 5.32 Å². The summed E-state index contributed by atoms with van der Waals surface area (Å²) in [7, 11) is 1.55. The highest BCUT2D eigenvalue weighted by Crippen LogP contribution is 2.32. The van der Waals surface area contributed by atoms with Gasteiger partial charge in [-0.05, 0) is 42.8 Å². The lowest BCUT2D eigenvalue weighted by atomic mass is 9.92. The number of fused-ring (bicyclic) bond motifs is 1. The first-order valence-corrected chi connectivity index (χ1v) is 9.64. The summed E-state index contributed by atoms with van der Waals surface area (Å²) in [6.45, 7) is 2.30. The highest BCUT2D eigenvalue weighted by molar-refractivity contribution is 6.11. The minimum atomic E-state index is -1.26. The molecule has 3 amide bonds. The van der Waals surface area contributed by atoms with Crippen LogP contribution in [0, 0.1) is 0 Å². The van der Waals surface area contributed by atoms with Crippen molar-refractivity contribution in [3.8, 4) is 17.2 Å². The number of benzene rings is 2. The molecule has 0 aliphatic carbocycles. The average Bonchev–Trinajstić information content (AvgIpc) is 2.92. The molecule has 2 aliphatic rings. The van der Waals surface area contributed by atoms with Crippen LogP contribution in [0.15, 0.2) is 42.5 Å². The Morgan fingerprint density at radius 3 is 2.50 bits per heavy atom. The molecular weight excluding hydrogens is 388 g/mol. The monoisotopic (exact) mass is 410 g/mol. The molecule has 8 nitrogen and oxygen atoms in total. The maximum atomic E-state index is 13.1. The number of carbonyl (C=O) groups excluding carboxylic acids is 3. The molecule has 2 heterocycles. The van der Waals surface area contributed by atoms with Gasteiger partial charge in [-0.2, -0.15) is 0 Å². The Bertz CT molecular complexity index is 1000. The second kappa shape index (κ2) is 7.70. The van der Waals surface area contributed by atoms with E-state index in [1.165, 1.54) is 0 Å². The predicted octanol–water partition coefficient (Wildman–Crippen LogP) is 2.51. The molecule has 1 N–H and O–H groups in total. The van der Waals surface area contributed by atoms with E-state index in [0.29, 0.717) is 41.6 Å². The molecule has 0 bridgehead atoms.